The van der Waals surface area contributed by atoms with E-state index >= 15 is 0 Å². The van der Waals surface area contributed by atoms with Gasteiger partial charge in [-0.3, -0.25) is 19.3 Å². The van der Waals surface area contributed by atoms with E-state index in [1.54, 1.807) is 29.2 Å². The molecule has 2 aliphatic rings. The van der Waals surface area contributed by atoms with Crippen molar-refractivity contribution >= 4 is 23.8 Å². The summed E-state index contributed by atoms with van der Waals surface area (Å²) in [7, 11) is 0. The fourth-order valence-corrected chi connectivity index (χ4v) is 2.90. The maximum Gasteiger partial charge on any atom is 0.328 e. The lowest BCUT2D eigenvalue weighted by molar-refractivity contribution is -0.132. The van der Waals surface area contributed by atoms with Crippen molar-refractivity contribution in [3.63, 3.8) is 0 Å². The summed E-state index contributed by atoms with van der Waals surface area (Å²) in [4.78, 5) is 51.7. The van der Waals surface area contributed by atoms with Crippen molar-refractivity contribution in [1.82, 2.24) is 14.7 Å². The van der Waals surface area contributed by atoms with E-state index in [2.05, 4.69) is 0 Å². The zero-order chi connectivity index (χ0) is 16.6. The summed E-state index contributed by atoms with van der Waals surface area (Å²) in [5.74, 6) is -1.41. The number of carbonyl (C=O) groups excluding carboxylic acids is 4. The first-order chi connectivity index (χ1) is 11.0. The maximum absolute atomic E-state index is 12.5. The van der Waals surface area contributed by atoms with Gasteiger partial charge < -0.3 is 15.5 Å². The van der Waals surface area contributed by atoms with Crippen molar-refractivity contribution in [1.29, 1.82) is 0 Å². The molecule has 1 unspecified atom stereocenters. The van der Waals surface area contributed by atoms with Crippen LogP contribution in [0.15, 0.2) is 30.3 Å². The lowest BCUT2D eigenvalue weighted by Crippen LogP contribution is -2.54. The third kappa shape index (κ3) is 2.63. The molecule has 2 heterocycles. The van der Waals surface area contributed by atoms with Crippen LogP contribution in [-0.4, -0.2) is 70.7 Å². The number of primary amides is 1. The third-order valence-corrected chi connectivity index (χ3v) is 4.03. The van der Waals surface area contributed by atoms with Crippen LogP contribution in [0.4, 0.5) is 4.79 Å². The zero-order valence-electron chi connectivity index (χ0n) is 12.3. The molecule has 23 heavy (non-hydrogen) atoms. The largest absolute Gasteiger partial charge is 0.368 e. The van der Waals surface area contributed by atoms with Gasteiger partial charge in [0.05, 0.1) is 6.54 Å². The Balaban J connectivity index is 1.76. The van der Waals surface area contributed by atoms with Gasteiger partial charge in [-0.25, -0.2) is 4.79 Å². The summed E-state index contributed by atoms with van der Waals surface area (Å²) in [6.45, 7) is 0.279. The highest BCUT2D eigenvalue weighted by atomic mass is 16.2. The second-order valence-corrected chi connectivity index (χ2v) is 5.50. The smallest absolute Gasteiger partial charge is 0.328 e. The number of hydrogen-bond donors (Lipinski definition) is 1. The number of fused-ring (bicyclic) bond motifs is 1. The predicted octanol–water partition coefficient (Wildman–Crippen LogP) is -0.739. The Hall–Kier alpha value is -2.90. The monoisotopic (exact) mass is 316 g/mol. The molecule has 0 saturated carbocycles. The molecule has 120 valence electrons. The molecule has 1 atom stereocenters. The van der Waals surface area contributed by atoms with Gasteiger partial charge in [0.1, 0.15) is 12.6 Å². The van der Waals surface area contributed by atoms with Gasteiger partial charge in [0, 0.05) is 18.7 Å². The maximum atomic E-state index is 12.5. The molecule has 0 spiro atoms. The molecule has 1 aromatic rings. The van der Waals surface area contributed by atoms with Crippen molar-refractivity contribution in [2.24, 2.45) is 5.73 Å². The first kappa shape index (κ1) is 15.0. The van der Waals surface area contributed by atoms with E-state index in [1.165, 1.54) is 4.90 Å². The van der Waals surface area contributed by atoms with Crippen LogP contribution in [-0.2, 0) is 9.59 Å². The Morgan fingerprint density at radius 3 is 2.48 bits per heavy atom. The average molecular weight is 316 g/mol. The molecule has 2 fully saturated rings. The third-order valence-electron chi connectivity index (χ3n) is 4.03. The lowest BCUT2D eigenvalue weighted by Gasteiger charge is -2.35. The molecular formula is C15H16N4O4. The van der Waals surface area contributed by atoms with Crippen molar-refractivity contribution in [2.45, 2.75) is 6.04 Å². The number of hydrogen-bond acceptors (Lipinski definition) is 4. The zero-order valence-corrected chi connectivity index (χ0v) is 12.3. The van der Waals surface area contributed by atoms with E-state index in [0.717, 1.165) is 4.90 Å². The minimum atomic E-state index is -0.747. The minimum absolute atomic E-state index is 0.119. The fourth-order valence-electron chi connectivity index (χ4n) is 2.90. The van der Waals surface area contributed by atoms with Crippen LogP contribution in [0.5, 0.6) is 0 Å². The molecule has 2 saturated heterocycles. The van der Waals surface area contributed by atoms with E-state index in [-0.39, 0.29) is 19.0 Å². The normalized spacial score (nSPS) is 20.7. The Kier molecular flexibility index (Phi) is 3.73. The SMILES string of the molecule is NC(=O)CN1C(=O)C2CN(C(=O)c3ccccc3)CCN2C1=O. The summed E-state index contributed by atoms with van der Waals surface area (Å²) in [5, 5.41) is 0. The van der Waals surface area contributed by atoms with Crippen LogP contribution >= 0.6 is 0 Å². The summed E-state index contributed by atoms with van der Waals surface area (Å²) in [5.41, 5.74) is 5.60. The van der Waals surface area contributed by atoms with Crippen molar-refractivity contribution < 1.29 is 19.2 Å². The number of amides is 5. The molecule has 8 nitrogen and oxygen atoms in total. The number of benzene rings is 1. The summed E-state index contributed by atoms with van der Waals surface area (Å²) in [6.07, 6.45) is 0. The standard InChI is InChI=1S/C15H16N4O4/c16-12(20)9-19-14(22)11-8-17(6-7-18(11)15(19)23)13(21)10-4-2-1-3-5-10/h1-5,11H,6-9H2,(H2,16,20). The van der Waals surface area contributed by atoms with E-state index in [4.69, 9.17) is 5.73 Å². The van der Waals surface area contributed by atoms with Gasteiger partial charge in [0.15, 0.2) is 0 Å². The summed E-state index contributed by atoms with van der Waals surface area (Å²) in [6, 6.07) is 7.49. The number of urea groups is 1. The number of carbonyl (C=O) groups is 4. The number of piperazine rings is 1. The molecule has 2 aliphatic heterocycles. The van der Waals surface area contributed by atoms with Crippen molar-refractivity contribution in [2.75, 3.05) is 26.2 Å². The van der Waals surface area contributed by atoms with Gasteiger partial charge >= 0.3 is 6.03 Å². The number of nitrogens with zero attached hydrogens (tertiary/aromatic N) is 3. The van der Waals surface area contributed by atoms with E-state index in [1.807, 2.05) is 6.07 Å². The molecule has 0 radical (unpaired) electrons. The Labute approximate surface area is 132 Å². The Morgan fingerprint density at radius 1 is 1.13 bits per heavy atom. The van der Waals surface area contributed by atoms with Crippen molar-refractivity contribution in [3.05, 3.63) is 35.9 Å². The van der Waals surface area contributed by atoms with Crippen LogP contribution in [0, 0.1) is 0 Å². The van der Waals surface area contributed by atoms with Gasteiger partial charge in [-0.15, -0.1) is 0 Å². The fraction of sp³-hybridized carbons (Fsp3) is 0.333. The molecule has 0 aromatic heterocycles. The lowest BCUT2D eigenvalue weighted by atomic mass is 10.1. The number of nitrogens with two attached hydrogens (primary N) is 1. The molecule has 1 aromatic carbocycles. The minimum Gasteiger partial charge on any atom is -0.368 e. The molecule has 3 rings (SSSR count). The molecule has 8 heteroatoms. The Bertz CT molecular complexity index is 675. The van der Waals surface area contributed by atoms with Gasteiger partial charge in [0.25, 0.3) is 11.8 Å². The van der Waals surface area contributed by atoms with Crippen molar-refractivity contribution in [3.8, 4) is 0 Å². The molecule has 0 bridgehead atoms. The highest BCUT2D eigenvalue weighted by molar-refractivity contribution is 6.07. The van der Waals surface area contributed by atoms with Crippen LogP contribution in [0.2, 0.25) is 0 Å². The first-order valence-electron chi connectivity index (χ1n) is 7.23. The number of imide groups is 1. The van der Waals surface area contributed by atoms with Crippen LogP contribution in [0.1, 0.15) is 10.4 Å². The van der Waals surface area contributed by atoms with Crippen LogP contribution in [0.3, 0.4) is 0 Å². The second-order valence-electron chi connectivity index (χ2n) is 5.50. The molecule has 0 aliphatic carbocycles. The van der Waals surface area contributed by atoms with Crippen LogP contribution in [0.25, 0.3) is 0 Å². The highest BCUT2D eigenvalue weighted by Crippen LogP contribution is 2.22. The quantitative estimate of drug-likeness (QED) is 0.742. The molecular weight excluding hydrogens is 300 g/mol. The second kappa shape index (κ2) is 5.71. The first-order valence-corrected chi connectivity index (χ1v) is 7.23. The predicted molar refractivity (Wildman–Crippen MR) is 79.1 cm³/mol. The summed E-state index contributed by atoms with van der Waals surface area (Å²) >= 11 is 0. The highest BCUT2D eigenvalue weighted by Gasteiger charge is 2.48. The van der Waals surface area contributed by atoms with E-state index < -0.39 is 30.4 Å². The Morgan fingerprint density at radius 2 is 1.83 bits per heavy atom. The topological polar surface area (TPSA) is 104 Å². The average Bonchev–Trinajstić information content (AvgIpc) is 2.79. The van der Waals surface area contributed by atoms with Crippen LogP contribution < -0.4 is 5.73 Å². The number of rotatable bonds is 3. The molecule has 2 N–H and O–H groups in total. The molecule has 5 amide bonds. The van der Waals surface area contributed by atoms with Gasteiger partial charge in [-0.2, -0.15) is 0 Å². The van der Waals surface area contributed by atoms with E-state index in [0.29, 0.717) is 12.1 Å². The summed E-state index contributed by atoms with van der Waals surface area (Å²) < 4.78 is 0. The van der Waals surface area contributed by atoms with E-state index in [9.17, 15) is 19.2 Å². The van der Waals surface area contributed by atoms with Gasteiger partial charge in [-0.1, -0.05) is 18.2 Å². The van der Waals surface area contributed by atoms with Gasteiger partial charge in [0.2, 0.25) is 5.91 Å². The van der Waals surface area contributed by atoms with Gasteiger partial charge in [-0.05, 0) is 12.1 Å².